The predicted molar refractivity (Wildman–Crippen MR) is 256 cm³/mol. The summed E-state index contributed by atoms with van der Waals surface area (Å²) in [6, 6.07) is 0. The van der Waals surface area contributed by atoms with Gasteiger partial charge in [0.2, 0.25) is 5.91 Å². The van der Waals surface area contributed by atoms with Crippen LogP contribution in [0, 0.1) is 0 Å². The van der Waals surface area contributed by atoms with Crippen molar-refractivity contribution in [1.29, 1.82) is 0 Å². The van der Waals surface area contributed by atoms with Crippen molar-refractivity contribution >= 4 is 19.7 Å². The summed E-state index contributed by atoms with van der Waals surface area (Å²) in [4.78, 5) is 34.0. The minimum Gasteiger partial charge on any atom is -0.463 e. The van der Waals surface area contributed by atoms with Crippen molar-refractivity contribution in [3.63, 3.8) is 0 Å². The Labute approximate surface area is 372 Å². The molecule has 0 aliphatic rings. The second-order valence-corrected chi connectivity index (χ2v) is 16.8. The van der Waals surface area contributed by atoms with Gasteiger partial charge in [-0.15, -0.1) is 0 Å². The molecule has 1 amide bonds. The number of hydrogen-bond donors (Lipinski definition) is 3. The van der Waals surface area contributed by atoms with Crippen molar-refractivity contribution in [2.45, 2.75) is 187 Å². The average Bonchev–Trinajstić information content (AvgIpc) is 3.25. The first-order valence-corrected chi connectivity index (χ1v) is 25.2. The number of aliphatic hydroxyl groups is 1. The van der Waals surface area contributed by atoms with E-state index in [9.17, 15) is 24.2 Å². The molecule has 0 bridgehead atoms. The highest BCUT2D eigenvalue weighted by molar-refractivity contribution is 7.47. The third-order valence-electron chi connectivity index (χ3n) is 9.50. The van der Waals surface area contributed by atoms with E-state index in [2.05, 4.69) is 116 Å². The summed E-state index contributed by atoms with van der Waals surface area (Å²) in [7, 11) is -4.44. The van der Waals surface area contributed by atoms with E-state index in [-0.39, 0.29) is 32.1 Å². The van der Waals surface area contributed by atoms with Crippen LogP contribution in [0.25, 0.3) is 0 Å². The predicted octanol–water partition coefficient (Wildman–Crippen LogP) is 13.8. The molecule has 0 fully saturated rings. The normalized spacial score (nSPS) is 14.1. The molecule has 0 saturated carbocycles. The van der Waals surface area contributed by atoms with E-state index in [0.717, 1.165) is 109 Å². The maximum atomic E-state index is 12.1. The van der Waals surface area contributed by atoms with Gasteiger partial charge in [0.15, 0.2) is 0 Å². The monoisotopic (exact) mass is 872 g/mol. The molecule has 9 nitrogen and oxygen atoms in total. The van der Waals surface area contributed by atoms with Crippen LogP contribution >= 0.6 is 7.82 Å². The minimum absolute atomic E-state index is 0.0662. The van der Waals surface area contributed by atoms with E-state index in [0.29, 0.717) is 12.8 Å². The summed E-state index contributed by atoms with van der Waals surface area (Å²) in [5.41, 5.74) is 0. The topological polar surface area (TPSA) is 131 Å². The lowest BCUT2D eigenvalue weighted by Crippen LogP contribution is -2.27. The highest BCUT2D eigenvalue weighted by Crippen LogP contribution is 2.42. The van der Waals surface area contributed by atoms with Crippen LogP contribution in [0.15, 0.2) is 97.2 Å². The van der Waals surface area contributed by atoms with Gasteiger partial charge in [0.25, 0.3) is 0 Å². The molecule has 3 N–H and O–H groups in total. The number of aliphatic hydroxyl groups excluding tert-OH is 1. The molecular formula is C51H86NO8P. The van der Waals surface area contributed by atoms with Crippen LogP contribution in [0.2, 0.25) is 0 Å². The fraction of sp³-hybridized carbons (Fsp3) is 0.647. The number of rotatable bonds is 43. The van der Waals surface area contributed by atoms with E-state index in [4.69, 9.17) is 13.8 Å². The van der Waals surface area contributed by atoms with Gasteiger partial charge in [-0.3, -0.25) is 18.6 Å². The fourth-order valence-corrected chi connectivity index (χ4v) is 6.70. The Balaban J connectivity index is 3.67. The SMILES string of the molecule is CC/C=C\C/C=C\C/C=C\C/C=C\C/C=C\CCCCCCCC(=O)OCC(O)COP(=O)(O)OCCNC(=O)CCCCCCCC/C=C\C/C=C\C/C=C\CCCCC. The van der Waals surface area contributed by atoms with Gasteiger partial charge in [0.05, 0.1) is 13.2 Å². The number of unbranched alkanes of at least 4 members (excludes halogenated alkanes) is 14. The number of phosphoric acid groups is 1. The van der Waals surface area contributed by atoms with Crippen molar-refractivity contribution in [2.24, 2.45) is 0 Å². The first kappa shape index (κ1) is 57.9. The van der Waals surface area contributed by atoms with Crippen LogP contribution in [0.3, 0.4) is 0 Å². The highest BCUT2D eigenvalue weighted by Gasteiger charge is 2.23. The molecule has 0 spiro atoms. The summed E-state index contributed by atoms with van der Waals surface area (Å²) >= 11 is 0. The van der Waals surface area contributed by atoms with Crippen molar-refractivity contribution in [3.8, 4) is 0 Å². The van der Waals surface area contributed by atoms with Crippen molar-refractivity contribution < 1.29 is 37.9 Å². The second-order valence-electron chi connectivity index (χ2n) is 15.3. The second kappa shape index (κ2) is 46.4. The zero-order valence-electron chi connectivity index (χ0n) is 38.3. The number of allylic oxidation sites excluding steroid dienone is 16. The standard InChI is InChI=1S/C51H86NO8P/c1-3-5-7-9-11-13-15-17-19-21-23-24-26-28-30-32-34-36-38-40-42-44-51(55)58-47-49(53)48-60-61(56,57)59-46-45-52-50(54)43-41-39-37-35-33-31-29-27-25-22-20-18-16-14-12-10-8-6-4-2/h5,7,11-14,17-20,23-25,27-28,30,49,53H,3-4,6,8-10,15-16,21-22,26,29,31-48H2,1-2H3,(H,52,54)(H,56,57)/b7-5-,13-11-,14-12-,19-17-,20-18-,24-23-,27-25-,30-28-. The smallest absolute Gasteiger partial charge is 0.463 e. The van der Waals surface area contributed by atoms with Gasteiger partial charge in [0.1, 0.15) is 12.7 Å². The third-order valence-corrected chi connectivity index (χ3v) is 10.5. The Morgan fingerprint density at radius 2 is 0.934 bits per heavy atom. The first-order valence-electron chi connectivity index (χ1n) is 23.7. The largest absolute Gasteiger partial charge is 0.472 e. The number of phosphoric ester groups is 1. The minimum atomic E-state index is -4.44. The van der Waals surface area contributed by atoms with E-state index in [1.807, 2.05) is 0 Å². The first-order chi connectivity index (χ1) is 29.8. The Morgan fingerprint density at radius 1 is 0.525 bits per heavy atom. The van der Waals surface area contributed by atoms with Gasteiger partial charge >= 0.3 is 13.8 Å². The summed E-state index contributed by atoms with van der Waals surface area (Å²) in [6.45, 7) is 3.36. The highest BCUT2D eigenvalue weighted by atomic mass is 31.2. The summed E-state index contributed by atoms with van der Waals surface area (Å²) in [5.74, 6) is -0.555. The molecule has 348 valence electrons. The molecule has 0 saturated heterocycles. The Morgan fingerprint density at radius 3 is 1.41 bits per heavy atom. The molecule has 0 aromatic carbocycles. The van der Waals surface area contributed by atoms with Crippen LogP contribution in [0.5, 0.6) is 0 Å². The zero-order valence-corrected chi connectivity index (χ0v) is 39.2. The maximum Gasteiger partial charge on any atom is 0.472 e. The molecule has 0 heterocycles. The lowest BCUT2D eigenvalue weighted by molar-refractivity contribution is -0.147. The lowest BCUT2D eigenvalue weighted by atomic mass is 10.1. The van der Waals surface area contributed by atoms with E-state index < -0.39 is 26.5 Å². The fourth-order valence-electron chi connectivity index (χ4n) is 5.94. The molecule has 2 atom stereocenters. The average molecular weight is 872 g/mol. The zero-order chi connectivity index (χ0) is 44.6. The Kier molecular flexibility index (Phi) is 44.1. The Hall–Kier alpha value is -3.07. The van der Waals surface area contributed by atoms with E-state index in [1.54, 1.807) is 0 Å². The molecule has 0 radical (unpaired) electrons. The molecule has 0 aromatic rings. The molecule has 2 unspecified atom stereocenters. The van der Waals surface area contributed by atoms with E-state index >= 15 is 0 Å². The van der Waals surface area contributed by atoms with Crippen LogP contribution in [0.4, 0.5) is 0 Å². The van der Waals surface area contributed by atoms with Crippen LogP contribution in [-0.2, 0) is 27.9 Å². The van der Waals surface area contributed by atoms with Gasteiger partial charge in [0, 0.05) is 19.4 Å². The molecule has 0 rings (SSSR count). The number of amides is 1. The quantitative estimate of drug-likeness (QED) is 0.0239. The number of hydrogen-bond acceptors (Lipinski definition) is 7. The van der Waals surface area contributed by atoms with Crippen LogP contribution < -0.4 is 5.32 Å². The van der Waals surface area contributed by atoms with Gasteiger partial charge in [-0.2, -0.15) is 0 Å². The summed E-state index contributed by atoms with van der Waals surface area (Å²) in [5, 5.41) is 12.7. The van der Waals surface area contributed by atoms with E-state index in [1.165, 1.54) is 38.5 Å². The van der Waals surface area contributed by atoms with Crippen LogP contribution in [0.1, 0.15) is 181 Å². The van der Waals surface area contributed by atoms with Crippen molar-refractivity contribution in [3.05, 3.63) is 97.2 Å². The molecular weight excluding hydrogens is 786 g/mol. The maximum absolute atomic E-state index is 12.1. The van der Waals surface area contributed by atoms with Gasteiger partial charge in [-0.25, -0.2) is 4.57 Å². The number of ether oxygens (including phenoxy) is 1. The van der Waals surface area contributed by atoms with Crippen molar-refractivity contribution in [2.75, 3.05) is 26.4 Å². The van der Waals surface area contributed by atoms with Gasteiger partial charge < -0.3 is 20.1 Å². The number of nitrogens with one attached hydrogen (secondary N) is 1. The van der Waals surface area contributed by atoms with Gasteiger partial charge in [-0.05, 0) is 96.3 Å². The third kappa shape index (κ3) is 47.8. The molecule has 0 aromatic heterocycles. The summed E-state index contributed by atoms with van der Waals surface area (Å²) < 4.78 is 26.9. The Bertz CT molecular complexity index is 1320. The molecule has 10 heteroatoms. The molecule has 0 aliphatic heterocycles. The van der Waals surface area contributed by atoms with Crippen molar-refractivity contribution in [1.82, 2.24) is 5.32 Å². The lowest BCUT2D eigenvalue weighted by Gasteiger charge is -2.15. The molecule has 0 aliphatic carbocycles. The number of esters is 1. The van der Waals surface area contributed by atoms with Gasteiger partial charge in [-0.1, -0.05) is 169 Å². The molecule has 61 heavy (non-hydrogen) atoms. The number of carbonyl (C=O) groups excluding carboxylic acids is 2. The number of carbonyl (C=O) groups is 2. The summed E-state index contributed by atoms with van der Waals surface area (Å²) in [6.07, 6.45) is 60.4. The van der Waals surface area contributed by atoms with Crippen LogP contribution in [-0.4, -0.2) is 54.3 Å².